The minimum Gasteiger partial charge on any atom is -0.381 e. The van der Waals surface area contributed by atoms with Crippen LogP contribution in [0.5, 0.6) is 0 Å². The first kappa shape index (κ1) is 13.8. The molecule has 0 saturated carbocycles. The Kier molecular flexibility index (Phi) is 4.65. The van der Waals surface area contributed by atoms with Crippen molar-refractivity contribution in [3.8, 4) is 0 Å². The number of hydrogen-bond acceptors (Lipinski definition) is 2. The first-order valence-electron chi connectivity index (χ1n) is 5.91. The first-order valence-corrected chi connectivity index (χ1v) is 7.08. The van der Waals surface area contributed by atoms with Crippen molar-refractivity contribution >= 4 is 33.4 Å². The molecule has 1 heterocycles. The Hall–Kier alpha value is -0.580. The van der Waals surface area contributed by atoms with Gasteiger partial charge in [-0.1, -0.05) is 11.6 Å². The van der Waals surface area contributed by atoms with Crippen LogP contribution in [0.2, 0.25) is 5.02 Å². The standard InChI is InChI=1S/C13H15BrClNO2/c1-8(9-4-5-18-7-9)16-13(17)11-6-10(15)2-3-12(11)14/h2-3,6,8-9H,4-5,7H2,1H3,(H,16,17). The van der Waals surface area contributed by atoms with E-state index in [1.54, 1.807) is 18.2 Å². The second kappa shape index (κ2) is 6.04. The third-order valence-corrected chi connectivity index (χ3v) is 4.13. The molecule has 1 aromatic carbocycles. The third kappa shape index (κ3) is 3.25. The normalized spacial score (nSPS) is 20.7. The van der Waals surface area contributed by atoms with Gasteiger partial charge in [0, 0.05) is 28.1 Å². The fraction of sp³-hybridized carbons (Fsp3) is 0.462. The zero-order valence-electron chi connectivity index (χ0n) is 10.1. The molecule has 1 aliphatic rings. The Morgan fingerprint density at radius 3 is 3.06 bits per heavy atom. The summed E-state index contributed by atoms with van der Waals surface area (Å²) in [6, 6.07) is 5.29. The monoisotopic (exact) mass is 331 g/mol. The van der Waals surface area contributed by atoms with E-state index >= 15 is 0 Å². The lowest BCUT2D eigenvalue weighted by molar-refractivity contribution is 0.0921. The Bertz CT molecular complexity index is 447. The second-order valence-corrected chi connectivity index (χ2v) is 5.80. The predicted molar refractivity (Wildman–Crippen MR) is 75.0 cm³/mol. The molecule has 3 nitrogen and oxygen atoms in total. The highest BCUT2D eigenvalue weighted by molar-refractivity contribution is 9.10. The lowest BCUT2D eigenvalue weighted by Crippen LogP contribution is -2.38. The van der Waals surface area contributed by atoms with Crippen molar-refractivity contribution < 1.29 is 9.53 Å². The van der Waals surface area contributed by atoms with Gasteiger partial charge in [-0.25, -0.2) is 0 Å². The molecule has 1 aliphatic heterocycles. The summed E-state index contributed by atoms with van der Waals surface area (Å²) >= 11 is 9.26. The molecule has 2 atom stereocenters. The number of hydrogen-bond donors (Lipinski definition) is 1. The van der Waals surface area contributed by atoms with E-state index in [4.69, 9.17) is 16.3 Å². The highest BCUT2D eigenvalue weighted by atomic mass is 79.9. The summed E-state index contributed by atoms with van der Waals surface area (Å²) in [4.78, 5) is 12.1. The average molecular weight is 333 g/mol. The van der Waals surface area contributed by atoms with Crippen LogP contribution >= 0.6 is 27.5 Å². The number of benzene rings is 1. The predicted octanol–water partition coefficient (Wildman–Crippen LogP) is 3.26. The van der Waals surface area contributed by atoms with E-state index in [-0.39, 0.29) is 11.9 Å². The minimum absolute atomic E-state index is 0.103. The molecule has 1 saturated heterocycles. The molecule has 2 unspecified atom stereocenters. The molecule has 1 fully saturated rings. The molecule has 2 rings (SSSR count). The van der Waals surface area contributed by atoms with Crippen LogP contribution in [0.3, 0.4) is 0 Å². The van der Waals surface area contributed by atoms with Crippen LogP contribution in [-0.4, -0.2) is 25.2 Å². The first-order chi connectivity index (χ1) is 8.58. The Morgan fingerprint density at radius 2 is 2.39 bits per heavy atom. The zero-order chi connectivity index (χ0) is 13.1. The van der Waals surface area contributed by atoms with Crippen LogP contribution in [0, 0.1) is 5.92 Å². The molecular formula is C13H15BrClNO2. The van der Waals surface area contributed by atoms with Crippen LogP contribution in [0.25, 0.3) is 0 Å². The van der Waals surface area contributed by atoms with Gasteiger partial charge in [0.05, 0.1) is 12.2 Å². The Balaban J connectivity index is 2.04. The maximum absolute atomic E-state index is 12.1. The lowest BCUT2D eigenvalue weighted by atomic mass is 10.0. The molecular weight excluding hydrogens is 318 g/mol. The molecule has 1 aromatic rings. The van der Waals surface area contributed by atoms with Crippen LogP contribution < -0.4 is 5.32 Å². The van der Waals surface area contributed by atoms with Gasteiger partial charge in [0.25, 0.3) is 5.91 Å². The fourth-order valence-electron chi connectivity index (χ4n) is 2.02. The summed E-state index contributed by atoms with van der Waals surface area (Å²) in [5.41, 5.74) is 0.563. The van der Waals surface area contributed by atoms with Crippen molar-refractivity contribution in [2.24, 2.45) is 5.92 Å². The molecule has 0 aromatic heterocycles. The van der Waals surface area contributed by atoms with Gasteiger partial charge in [0.1, 0.15) is 0 Å². The van der Waals surface area contributed by atoms with E-state index < -0.39 is 0 Å². The largest absolute Gasteiger partial charge is 0.381 e. The quantitative estimate of drug-likeness (QED) is 0.922. The molecule has 0 bridgehead atoms. The SMILES string of the molecule is CC(NC(=O)c1cc(Cl)ccc1Br)C1CCOC1. The maximum Gasteiger partial charge on any atom is 0.252 e. The van der Waals surface area contributed by atoms with E-state index in [1.165, 1.54) is 0 Å². The van der Waals surface area contributed by atoms with Crippen LogP contribution in [0.15, 0.2) is 22.7 Å². The summed E-state index contributed by atoms with van der Waals surface area (Å²) in [6.07, 6.45) is 0.998. The summed E-state index contributed by atoms with van der Waals surface area (Å²) in [5, 5.41) is 3.55. The molecule has 1 N–H and O–H groups in total. The number of nitrogens with one attached hydrogen (secondary N) is 1. The summed E-state index contributed by atoms with van der Waals surface area (Å²) in [7, 11) is 0. The van der Waals surface area contributed by atoms with E-state index in [0.29, 0.717) is 16.5 Å². The van der Waals surface area contributed by atoms with Gasteiger partial charge in [-0.2, -0.15) is 0 Å². The van der Waals surface area contributed by atoms with Gasteiger partial charge >= 0.3 is 0 Å². The van der Waals surface area contributed by atoms with Crippen molar-refractivity contribution in [3.05, 3.63) is 33.3 Å². The van der Waals surface area contributed by atoms with Crippen molar-refractivity contribution in [3.63, 3.8) is 0 Å². The topological polar surface area (TPSA) is 38.3 Å². The number of rotatable bonds is 3. The van der Waals surface area contributed by atoms with E-state index in [1.807, 2.05) is 6.92 Å². The highest BCUT2D eigenvalue weighted by Crippen LogP contribution is 2.22. The smallest absolute Gasteiger partial charge is 0.252 e. The highest BCUT2D eigenvalue weighted by Gasteiger charge is 2.24. The number of amides is 1. The molecule has 0 spiro atoms. The maximum atomic E-state index is 12.1. The van der Waals surface area contributed by atoms with E-state index in [0.717, 1.165) is 24.1 Å². The lowest BCUT2D eigenvalue weighted by Gasteiger charge is -2.19. The third-order valence-electron chi connectivity index (χ3n) is 3.20. The molecule has 0 aliphatic carbocycles. The summed E-state index contributed by atoms with van der Waals surface area (Å²) in [5.74, 6) is 0.288. The molecule has 5 heteroatoms. The second-order valence-electron chi connectivity index (χ2n) is 4.51. The van der Waals surface area contributed by atoms with E-state index in [2.05, 4.69) is 21.2 Å². The number of carbonyl (C=O) groups is 1. The van der Waals surface area contributed by atoms with Crippen LogP contribution in [-0.2, 0) is 4.74 Å². The molecule has 18 heavy (non-hydrogen) atoms. The molecule has 1 amide bonds. The summed E-state index contributed by atoms with van der Waals surface area (Å²) in [6.45, 7) is 3.51. The minimum atomic E-state index is -0.108. The van der Waals surface area contributed by atoms with Crippen LogP contribution in [0.4, 0.5) is 0 Å². The van der Waals surface area contributed by atoms with Gasteiger partial charge in [-0.3, -0.25) is 4.79 Å². The zero-order valence-corrected chi connectivity index (χ0v) is 12.4. The molecule has 98 valence electrons. The van der Waals surface area contributed by atoms with Gasteiger partial charge in [0.15, 0.2) is 0 Å². The van der Waals surface area contributed by atoms with Crippen molar-refractivity contribution in [1.82, 2.24) is 5.32 Å². The number of halogens is 2. The molecule has 0 radical (unpaired) electrons. The number of ether oxygens (including phenoxy) is 1. The average Bonchev–Trinajstić information content (AvgIpc) is 2.85. The van der Waals surface area contributed by atoms with Crippen molar-refractivity contribution in [1.29, 1.82) is 0 Å². The van der Waals surface area contributed by atoms with Crippen molar-refractivity contribution in [2.45, 2.75) is 19.4 Å². The van der Waals surface area contributed by atoms with Crippen molar-refractivity contribution in [2.75, 3.05) is 13.2 Å². The number of carbonyl (C=O) groups excluding carboxylic acids is 1. The summed E-state index contributed by atoms with van der Waals surface area (Å²) < 4.78 is 6.08. The Morgan fingerprint density at radius 1 is 1.61 bits per heavy atom. The van der Waals surface area contributed by atoms with Gasteiger partial charge in [0.2, 0.25) is 0 Å². The van der Waals surface area contributed by atoms with Crippen LogP contribution in [0.1, 0.15) is 23.7 Å². The van der Waals surface area contributed by atoms with E-state index in [9.17, 15) is 4.79 Å². The Labute approximate surface area is 120 Å². The van der Waals surface area contributed by atoms with Gasteiger partial charge in [-0.15, -0.1) is 0 Å². The fourth-order valence-corrected chi connectivity index (χ4v) is 2.62. The van der Waals surface area contributed by atoms with Gasteiger partial charge in [-0.05, 0) is 47.5 Å². The van der Waals surface area contributed by atoms with Gasteiger partial charge < -0.3 is 10.1 Å².